The zero-order chi connectivity index (χ0) is 66.0. The summed E-state index contributed by atoms with van der Waals surface area (Å²) in [6, 6.07) is 110. The number of hydrogen-bond acceptors (Lipinski definition) is 11. The topological polar surface area (TPSA) is 126 Å². The Bertz CT molecular complexity index is 6000. The van der Waals surface area contributed by atoms with Gasteiger partial charge in [-0.25, -0.2) is 34.9 Å². The van der Waals surface area contributed by atoms with Crippen molar-refractivity contribution in [2.24, 2.45) is 0 Å². The summed E-state index contributed by atoms with van der Waals surface area (Å²) in [7, 11) is 0. The summed E-state index contributed by atoms with van der Waals surface area (Å²) in [5.74, 6) is 3.82. The maximum absolute atomic E-state index is 5.27. The van der Waals surface area contributed by atoms with E-state index in [9.17, 15) is 0 Å². The average Bonchev–Trinajstić information content (AvgIpc) is 1.59. The number of nitrogens with zero attached hydrogens (tertiary/aromatic N) is 11. The number of fused-ring (bicyclic) bond motifs is 12. The molecule has 0 amide bonds. The fraction of sp³-hybridized carbons (Fsp3) is 0. The molecule has 100 heavy (non-hydrogen) atoms. The van der Waals surface area contributed by atoms with Gasteiger partial charge in [0.15, 0.2) is 23.3 Å². The average molecular weight is 1320 g/mol. The van der Waals surface area contributed by atoms with Gasteiger partial charge in [0.2, 0.25) is 11.9 Å². The van der Waals surface area contributed by atoms with Crippen molar-refractivity contribution in [2.75, 3.05) is 0 Å². The summed E-state index contributed by atoms with van der Waals surface area (Å²) < 4.78 is 6.73. The monoisotopic (exact) mass is 1320 g/mol. The molecule has 0 aliphatic rings. The van der Waals surface area contributed by atoms with Crippen molar-refractivity contribution in [1.82, 2.24) is 54.0 Å². The van der Waals surface area contributed by atoms with Crippen molar-refractivity contribution in [3.05, 3.63) is 322 Å². The molecule has 20 rings (SSSR count). The van der Waals surface area contributed by atoms with E-state index in [4.69, 9.17) is 44.9 Å². The standard InChI is InChI=1S/C44H27N5S.C43H26N6S/c1-4-14-28(15-5-1)35-27-36(29-16-6-2-7-17-29)46-44(45-35)49-37-22-12-10-20-32(37)34-26-31(24-25-38(34)49)42-47-41(30-18-8-3-9-19-30)40-33-21-11-13-23-39(33)50-43(40)48-42;1-4-14-27(15-5-1)38-37-32-21-11-13-23-36(32)50-42(37)46-41(44-38)30-24-25-35-33(26-30)31-20-10-12-22-34(31)49(35)43-47-39(28-16-6-2-7-17-28)45-40(48-43)29-18-8-3-9-19-29/h1-27H;1-26H. The highest BCUT2D eigenvalue weighted by Gasteiger charge is 2.24. The minimum atomic E-state index is 0.561. The van der Waals surface area contributed by atoms with Crippen molar-refractivity contribution in [1.29, 1.82) is 0 Å². The van der Waals surface area contributed by atoms with Crippen molar-refractivity contribution in [3.8, 4) is 102 Å². The number of thiophene rings is 2. The first-order chi connectivity index (χ1) is 49.6. The van der Waals surface area contributed by atoms with Crippen molar-refractivity contribution in [2.45, 2.75) is 0 Å². The van der Waals surface area contributed by atoms with Crippen LogP contribution in [0.3, 0.4) is 0 Å². The zero-order valence-corrected chi connectivity index (χ0v) is 55.0. The normalized spacial score (nSPS) is 11.6. The highest BCUT2D eigenvalue weighted by molar-refractivity contribution is 7.26. The van der Waals surface area contributed by atoms with Crippen LogP contribution in [0, 0.1) is 0 Å². The molecule has 0 unspecified atom stereocenters. The van der Waals surface area contributed by atoms with Gasteiger partial charge in [0.1, 0.15) is 9.66 Å². The van der Waals surface area contributed by atoms with Crippen LogP contribution >= 0.6 is 22.7 Å². The van der Waals surface area contributed by atoms with Crippen molar-refractivity contribution in [3.63, 3.8) is 0 Å². The molecule has 13 heteroatoms. The number of rotatable bonds is 10. The van der Waals surface area contributed by atoms with Gasteiger partial charge in [-0.05, 0) is 66.7 Å². The predicted molar refractivity (Wildman–Crippen MR) is 411 cm³/mol. The van der Waals surface area contributed by atoms with E-state index in [0.29, 0.717) is 35.2 Å². The van der Waals surface area contributed by atoms with Gasteiger partial charge in [-0.1, -0.05) is 255 Å². The maximum Gasteiger partial charge on any atom is 0.238 e. The number of hydrogen-bond donors (Lipinski definition) is 0. The summed E-state index contributed by atoms with van der Waals surface area (Å²) in [5, 5.41) is 8.93. The largest absolute Gasteiger partial charge is 0.278 e. The van der Waals surface area contributed by atoms with Gasteiger partial charge < -0.3 is 0 Å². The lowest BCUT2D eigenvalue weighted by molar-refractivity contribution is 0.953. The number of aromatic nitrogens is 11. The van der Waals surface area contributed by atoms with E-state index in [1.165, 1.54) is 20.2 Å². The van der Waals surface area contributed by atoms with E-state index >= 15 is 0 Å². The molecule has 0 radical (unpaired) electrons. The summed E-state index contributed by atoms with van der Waals surface area (Å²) >= 11 is 3.42. The molecule has 20 aromatic rings. The molecule has 468 valence electrons. The third-order valence-electron chi connectivity index (χ3n) is 18.4. The van der Waals surface area contributed by atoms with E-state index in [1.807, 2.05) is 109 Å². The van der Waals surface area contributed by atoms with E-state index in [2.05, 4.69) is 221 Å². The molecule has 0 aliphatic carbocycles. The zero-order valence-electron chi connectivity index (χ0n) is 53.3. The lowest BCUT2D eigenvalue weighted by Crippen LogP contribution is -2.06. The fourth-order valence-electron chi connectivity index (χ4n) is 13.7. The molecule has 8 heterocycles. The Morgan fingerprint density at radius 2 is 0.530 bits per heavy atom. The summed E-state index contributed by atoms with van der Waals surface area (Å²) in [5.41, 5.74) is 15.7. The Morgan fingerprint density at radius 3 is 0.940 bits per heavy atom. The van der Waals surface area contributed by atoms with Crippen LogP contribution in [0.25, 0.3) is 187 Å². The van der Waals surface area contributed by atoms with Gasteiger partial charge in [0.05, 0.1) is 44.8 Å². The molecular formula is C87H53N11S2. The van der Waals surface area contributed by atoms with Crippen LogP contribution in [-0.2, 0) is 0 Å². The van der Waals surface area contributed by atoms with Gasteiger partial charge in [0.25, 0.3) is 0 Å². The third kappa shape index (κ3) is 10.3. The van der Waals surface area contributed by atoms with Gasteiger partial charge >= 0.3 is 0 Å². The highest BCUT2D eigenvalue weighted by Crippen LogP contribution is 2.44. The smallest absolute Gasteiger partial charge is 0.238 e. The van der Waals surface area contributed by atoms with E-state index in [0.717, 1.165) is 131 Å². The van der Waals surface area contributed by atoms with Gasteiger partial charge in [-0.3, -0.25) is 9.13 Å². The highest BCUT2D eigenvalue weighted by atomic mass is 32.1. The second-order valence-corrected chi connectivity index (χ2v) is 26.5. The van der Waals surface area contributed by atoms with Crippen LogP contribution in [0.15, 0.2) is 322 Å². The van der Waals surface area contributed by atoms with E-state index in [1.54, 1.807) is 22.7 Å². The van der Waals surface area contributed by atoms with Crippen LogP contribution in [0.5, 0.6) is 0 Å². The number of para-hydroxylation sites is 2. The second-order valence-electron chi connectivity index (χ2n) is 24.4. The summed E-state index contributed by atoms with van der Waals surface area (Å²) in [4.78, 5) is 48.3. The quantitative estimate of drug-likeness (QED) is 0.132. The molecule has 8 aromatic heterocycles. The maximum atomic E-state index is 5.27. The molecule has 0 bridgehead atoms. The summed E-state index contributed by atoms with van der Waals surface area (Å²) in [6.45, 7) is 0. The summed E-state index contributed by atoms with van der Waals surface area (Å²) in [6.07, 6.45) is 0. The Labute approximate surface area is 581 Å². The molecule has 0 aliphatic heterocycles. The predicted octanol–water partition coefficient (Wildman–Crippen LogP) is 22.2. The molecule has 12 aromatic carbocycles. The Morgan fingerprint density at radius 1 is 0.210 bits per heavy atom. The number of benzene rings is 12. The Kier molecular flexibility index (Phi) is 14.3. The first-order valence-corrected chi connectivity index (χ1v) is 34.6. The molecule has 0 saturated carbocycles. The van der Waals surface area contributed by atoms with Crippen molar-refractivity contribution < 1.29 is 0 Å². The lowest BCUT2D eigenvalue weighted by atomic mass is 10.0. The first-order valence-electron chi connectivity index (χ1n) is 33.0. The fourth-order valence-corrected chi connectivity index (χ4v) is 15.9. The third-order valence-corrected chi connectivity index (χ3v) is 20.5. The first kappa shape index (κ1) is 58.3. The Balaban J connectivity index is 0.000000139. The van der Waals surface area contributed by atoms with Gasteiger partial charge in [-0.15, -0.1) is 22.7 Å². The SMILES string of the molecule is c1ccc(-c2cc(-c3ccccc3)nc(-n3c4ccccc4c4cc(-c5nc(-c6ccccc6)c6c(n5)sc5ccccc56)ccc43)n2)cc1.c1ccc(-c2nc(-c3ccccc3)nc(-n3c4ccccc4c4cc(-c5nc(-c6ccccc6)c6c(n5)sc5ccccc56)ccc43)n2)cc1. The van der Waals surface area contributed by atoms with Crippen LogP contribution in [0.2, 0.25) is 0 Å². The minimum Gasteiger partial charge on any atom is -0.278 e. The van der Waals surface area contributed by atoms with Crippen LogP contribution in [0.4, 0.5) is 0 Å². The molecule has 0 N–H and O–H groups in total. The molecule has 0 fully saturated rings. The molecule has 0 spiro atoms. The molecular weight excluding hydrogens is 1260 g/mol. The van der Waals surface area contributed by atoms with Crippen LogP contribution in [-0.4, -0.2) is 54.0 Å². The van der Waals surface area contributed by atoms with Crippen molar-refractivity contribution >= 4 is 107 Å². The van der Waals surface area contributed by atoms with E-state index in [-0.39, 0.29) is 0 Å². The molecule has 0 saturated heterocycles. The van der Waals surface area contributed by atoms with Gasteiger partial charge in [0, 0.05) is 97.0 Å². The van der Waals surface area contributed by atoms with Crippen LogP contribution in [0.1, 0.15) is 0 Å². The lowest BCUT2D eigenvalue weighted by Gasteiger charge is -2.12. The second kappa shape index (κ2) is 24.5. The van der Waals surface area contributed by atoms with Crippen LogP contribution < -0.4 is 0 Å². The Hall–Kier alpha value is -13.1. The molecule has 0 atom stereocenters. The van der Waals surface area contributed by atoms with Gasteiger partial charge in [-0.2, -0.15) is 9.97 Å². The minimum absolute atomic E-state index is 0.561. The molecule has 11 nitrogen and oxygen atoms in total. The van der Waals surface area contributed by atoms with E-state index < -0.39 is 0 Å².